The van der Waals surface area contributed by atoms with Gasteiger partial charge in [-0.3, -0.25) is 4.79 Å². The van der Waals surface area contributed by atoms with E-state index in [0.717, 1.165) is 6.42 Å². The van der Waals surface area contributed by atoms with Crippen LogP contribution < -0.4 is 10.1 Å². The summed E-state index contributed by atoms with van der Waals surface area (Å²) in [6, 6.07) is 7.33. The van der Waals surface area contributed by atoms with Gasteiger partial charge in [-0.05, 0) is 40.2 Å². The average Bonchev–Trinajstić information content (AvgIpc) is 3.04. The van der Waals surface area contributed by atoms with E-state index in [2.05, 4.69) is 26.2 Å². The first-order valence-electron chi connectivity index (χ1n) is 7.08. The molecule has 1 amide bonds. The molecule has 0 aliphatic carbocycles. The van der Waals surface area contributed by atoms with Gasteiger partial charge in [-0.2, -0.15) is 0 Å². The molecule has 23 heavy (non-hydrogen) atoms. The van der Waals surface area contributed by atoms with Crippen molar-refractivity contribution < 1.29 is 18.7 Å². The summed E-state index contributed by atoms with van der Waals surface area (Å²) in [7, 11) is 0. The lowest BCUT2D eigenvalue weighted by atomic mass is 10.2. The summed E-state index contributed by atoms with van der Waals surface area (Å²) in [5.41, 5.74) is 0.871. The van der Waals surface area contributed by atoms with Crippen molar-refractivity contribution in [2.45, 2.75) is 12.5 Å². The zero-order valence-electron chi connectivity index (χ0n) is 12.1. The van der Waals surface area contributed by atoms with Crippen LogP contribution in [0.1, 0.15) is 16.8 Å². The van der Waals surface area contributed by atoms with Crippen molar-refractivity contribution in [2.75, 3.05) is 18.5 Å². The van der Waals surface area contributed by atoms with Crippen LogP contribution in [0.15, 0.2) is 41.0 Å². The van der Waals surface area contributed by atoms with Gasteiger partial charge in [-0.15, -0.1) is 0 Å². The first kappa shape index (κ1) is 15.9. The Morgan fingerprint density at radius 1 is 1.39 bits per heavy atom. The quantitative estimate of drug-likeness (QED) is 0.882. The molecule has 1 aliphatic heterocycles. The zero-order chi connectivity index (χ0) is 16.2. The van der Waals surface area contributed by atoms with Gasteiger partial charge in [0.1, 0.15) is 11.9 Å². The monoisotopic (exact) mass is 380 g/mol. The number of carbonyl (C=O) groups excluding carboxylic acids is 1. The van der Waals surface area contributed by atoms with Gasteiger partial charge in [-0.1, -0.05) is 0 Å². The molecule has 1 aliphatic rings. The van der Waals surface area contributed by atoms with E-state index < -0.39 is 0 Å². The third-order valence-electron chi connectivity index (χ3n) is 3.35. The number of hydrogen-bond donors (Lipinski definition) is 1. The van der Waals surface area contributed by atoms with Crippen LogP contribution in [0.3, 0.4) is 0 Å². The van der Waals surface area contributed by atoms with Crippen molar-refractivity contribution >= 4 is 27.5 Å². The summed E-state index contributed by atoms with van der Waals surface area (Å²) >= 11 is 3.21. The SMILES string of the molecule is O=C(Nc1ccc(F)cc1Br)c1ccc(OC2CCOC2)nc1. The lowest BCUT2D eigenvalue weighted by Crippen LogP contribution is -2.17. The summed E-state index contributed by atoms with van der Waals surface area (Å²) in [6.07, 6.45) is 2.29. The molecule has 0 bridgehead atoms. The van der Waals surface area contributed by atoms with Gasteiger partial charge in [0.05, 0.1) is 24.5 Å². The zero-order valence-corrected chi connectivity index (χ0v) is 13.7. The Labute approximate surface area is 140 Å². The minimum Gasteiger partial charge on any atom is -0.472 e. The number of hydrogen-bond acceptors (Lipinski definition) is 4. The van der Waals surface area contributed by atoms with E-state index >= 15 is 0 Å². The largest absolute Gasteiger partial charge is 0.472 e. The highest BCUT2D eigenvalue weighted by Gasteiger charge is 2.18. The molecule has 5 nitrogen and oxygen atoms in total. The Kier molecular flexibility index (Phi) is 4.88. The molecule has 0 radical (unpaired) electrons. The molecule has 0 spiro atoms. The number of nitrogens with zero attached hydrogens (tertiary/aromatic N) is 1. The second-order valence-corrected chi connectivity index (χ2v) is 5.92. The van der Waals surface area contributed by atoms with E-state index in [0.29, 0.717) is 34.8 Å². The van der Waals surface area contributed by atoms with Crippen LogP contribution in [0.5, 0.6) is 5.88 Å². The number of nitrogens with one attached hydrogen (secondary N) is 1. The Morgan fingerprint density at radius 3 is 2.91 bits per heavy atom. The molecule has 0 saturated carbocycles. The predicted molar refractivity (Wildman–Crippen MR) is 86.1 cm³/mol. The van der Waals surface area contributed by atoms with Gasteiger partial charge < -0.3 is 14.8 Å². The maximum Gasteiger partial charge on any atom is 0.257 e. The topological polar surface area (TPSA) is 60.5 Å². The summed E-state index contributed by atoms with van der Waals surface area (Å²) < 4.78 is 24.4. The minimum absolute atomic E-state index is 0.0114. The highest BCUT2D eigenvalue weighted by atomic mass is 79.9. The normalized spacial score (nSPS) is 17.0. The summed E-state index contributed by atoms with van der Waals surface area (Å²) in [6.45, 7) is 1.25. The van der Waals surface area contributed by atoms with Crippen molar-refractivity contribution in [3.63, 3.8) is 0 Å². The molecule has 1 unspecified atom stereocenters. The fourth-order valence-electron chi connectivity index (χ4n) is 2.15. The van der Waals surface area contributed by atoms with Gasteiger partial charge in [0.15, 0.2) is 0 Å². The lowest BCUT2D eigenvalue weighted by molar-refractivity contribution is 0.102. The number of carbonyl (C=O) groups is 1. The first-order chi connectivity index (χ1) is 11.1. The molecule has 1 atom stereocenters. The number of benzene rings is 1. The highest BCUT2D eigenvalue weighted by molar-refractivity contribution is 9.10. The molecule has 1 aromatic carbocycles. The van der Waals surface area contributed by atoms with Gasteiger partial charge in [0.25, 0.3) is 5.91 Å². The molecule has 1 saturated heterocycles. The molecule has 3 rings (SSSR count). The van der Waals surface area contributed by atoms with Crippen LogP contribution in [0.2, 0.25) is 0 Å². The van der Waals surface area contributed by atoms with E-state index in [9.17, 15) is 9.18 Å². The molecule has 1 fully saturated rings. The molecule has 2 heterocycles. The van der Waals surface area contributed by atoms with Crippen LogP contribution in [-0.4, -0.2) is 30.2 Å². The summed E-state index contributed by atoms with van der Waals surface area (Å²) in [5, 5.41) is 2.69. The number of aromatic nitrogens is 1. The highest BCUT2D eigenvalue weighted by Crippen LogP contribution is 2.24. The number of ether oxygens (including phenoxy) is 2. The molecule has 1 aromatic heterocycles. The maximum atomic E-state index is 13.0. The predicted octanol–water partition coefficient (Wildman–Crippen LogP) is 3.40. The van der Waals surface area contributed by atoms with Gasteiger partial charge in [-0.25, -0.2) is 9.37 Å². The molecular weight excluding hydrogens is 367 g/mol. The van der Waals surface area contributed by atoms with Crippen molar-refractivity contribution in [3.8, 4) is 5.88 Å². The summed E-state index contributed by atoms with van der Waals surface area (Å²) in [4.78, 5) is 16.3. The Hall–Kier alpha value is -1.99. The molecule has 120 valence electrons. The van der Waals surface area contributed by atoms with E-state index in [-0.39, 0.29) is 17.8 Å². The fourth-order valence-corrected chi connectivity index (χ4v) is 2.60. The lowest BCUT2D eigenvalue weighted by Gasteiger charge is -2.11. The van der Waals surface area contributed by atoms with E-state index in [4.69, 9.17) is 9.47 Å². The standard InChI is InChI=1S/C16H14BrFN2O3/c17-13-7-11(18)2-3-14(13)20-16(21)10-1-4-15(19-8-10)23-12-5-6-22-9-12/h1-4,7-8,12H,5-6,9H2,(H,20,21). The van der Waals surface area contributed by atoms with Crippen LogP contribution in [0.25, 0.3) is 0 Å². The van der Waals surface area contributed by atoms with E-state index in [1.807, 2.05) is 0 Å². The second kappa shape index (κ2) is 7.06. The molecular formula is C16H14BrFN2O3. The van der Waals surface area contributed by atoms with Crippen LogP contribution >= 0.6 is 15.9 Å². The molecule has 7 heteroatoms. The average molecular weight is 381 g/mol. The van der Waals surface area contributed by atoms with Gasteiger partial charge in [0, 0.05) is 23.2 Å². The first-order valence-corrected chi connectivity index (χ1v) is 7.88. The fraction of sp³-hybridized carbons (Fsp3) is 0.250. The molecule has 2 aromatic rings. The Bertz CT molecular complexity index is 703. The number of halogens is 2. The van der Waals surface area contributed by atoms with E-state index in [1.165, 1.54) is 24.4 Å². The third-order valence-corrected chi connectivity index (χ3v) is 4.01. The van der Waals surface area contributed by atoms with Gasteiger partial charge in [0.2, 0.25) is 5.88 Å². The van der Waals surface area contributed by atoms with Crippen LogP contribution in [0, 0.1) is 5.82 Å². The van der Waals surface area contributed by atoms with Crippen LogP contribution in [-0.2, 0) is 4.74 Å². The van der Waals surface area contributed by atoms with Crippen LogP contribution in [0.4, 0.5) is 10.1 Å². The summed E-state index contributed by atoms with van der Waals surface area (Å²) in [5.74, 6) is -0.255. The second-order valence-electron chi connectivity index (χ2n) is 5.07. The van der Waals surface area contributed by atoms with Crippen molar-refractivity contribution in [3.05, 3.63) is 52.4 Å². The number of rotatable bonds is 4. The smallest absolute Gasteiger partial charge is 0.257 e. The third kappa shape index (κ3) is 4.05. The number of amides is 1. The van der Waals surface area contributed by atoms with Gasteiger partial charge >= 0.3 is 0 Å². The van der Waals surface area contributed by atoms with Crippen molar-refractivity contribution in [2.24, 2.45) is 0 Å². The Balaban J connectivity index is 1.65. The number of anilines is 1. The molecule has 1 N–H and O–H groups in total. The van der Waals surface area contributed by atoms with Crippen molar-refractivity contribution in [1.29, 1.82) is 0 Å². The minimum atomic E-state index is -0.381. The van der Waals surface area contributed by atoms with Crippen molar-refractivity contribution in [1.82, 2.24) is 4.98 Å². The number of pyridine rings is 1. The maximum absolute atomic E-state index is 13.0. The Morgan fingerprint density at radius 2 is 2.26 bits per heavy atom. The van der Waals surface area contributed by atoms with E-state index in [1.54, 1.807) is 12.1 Å².